The van der Waals surface area contributed by atoms with Gasteiger partial charge in [-0.05, 0) is 83.6 Å². The summed E-state index contributed by atoms with van der Waals surface area (Å²) in [5.41, 5.74) is 16.7. The number of nitrogens with zero attached hydrogens (tertiary/aromatic N) is 1. The molecule has 272 valence electrons. The zero-order chi connectivity index (χ0) is 38.0. The van der Waals surface area contributed by atoms with Crippen molar-refractivity contribution in [2.75, 3.05) is 10.2 Å². The van der Waals surface area contributed by atoms with Crippen molar-refractivity contribution >= 4 is 51.1 Å². The number of benzene rings is 8. The molecule has 1 aliphatic carbocycles. The molecule has 3 nitrogen and oxygen atoms in total. The van der Waals surface area contributed by atoms with E-state index in [1.807, 2.05) is 6.07 Å². The summed E-state index contributed by atoms with van der Waals surface area (Å²) in [7, 11) is 0. The lowest BCUT2D eigenvalue weighted by molar-refractivity contribution is 0.568. The number of anilines is 5. The molecule has 0 unspecified atom stereocenters. The summed E-state index contributed by atoms with van der Waals surface area (Å²) in [6.45, 7) is 0. The predicted molar refractivity (Wildman–Crippen MR) is 239 cm³/mol. The van der Waals surface area contributed by atoms with Crippen LogP contribution in [0.5, 0.6) is 0 Å². The molecule has 1 aliphatic rings. The molecule has 57 heavy (non-hydrogen) atoms. The third kappa shape index (κ3) is 6.49. The molecule has 0 bridgehead atoms. The van der Waals surface area contributed by atoms with Gasteiger partial charge in [-0.2, -0.15) is 0 Å². The lowest BCUT2D eigenvalue weighted by Crippen LogP contribution is -2.26. The highest BCUT2D eigenvalue weighted by Crippen LogP contribution is 2.45. The Kier molecular flexibility index (Phi) is 9.02. The van der Waals surface area contributed by atoms with Crippen LogP contribution >= 0.6 is 0 Å². The van der Waals surface area contributed by atoms with Crippen LogP contribution in [-0.4, -0.2) is 0 Å². The summed E-state index contributed by atoms with van der Waals surface area (Å²) >= 11 is 0. The van der Waals surface area contributed by atoms with Crippen LogP contribution in [0.15, 0.2) is 211 Å². The predicted octanol–water partition coefficient (Wildman–Crippen LogP) is 13.4. The maximum absolute atomic E-state index is 6.47. The number of fused-ring (bicyclic) bond motifs is 3. The molecule has 0 spiro atoms. The van der Waals surface area contributed by atoms with Gasteiger partial charge in [0.1, 0.15) is 11.0 Å². The Morgan fingerprint density at radius 3 is 1.72 bits per heavy atom. The van der Waals surface area contributed by atoms with Gasteiger partial charge in [-0.15, -0.1) is 0 Å². The Bertz CT molecular complexity index is 2980. The number of hydrogen-bond donors (Lipinski definition) is 1. The minimum absolute atomic E-state index is 0.942. The highest BCUT2D eigenvalue weighted by atomic mass is 16.3. The molecule has 1 heterocycles. The SMILES string of the molecule is C1=c2c(oc3ccccc23)=C(c2ccc(N(c3ccccc3)c3ccccc3-c3ccccc3-c3ccccc3Nc3ccccc3-c3ccccc3)cc2)CC1. The first-order valence-corrected chi connectivity index (χ1v) is 19.7. The van der Waals surface area contributed by atoms with E-state index in [0.29, 0.717) is 0 Å². The molecular weight excluding hydrogens is 693 g/mol. The maximum Gasteiger partial charge on any atom is 0.138 e. The average molecular weight is 733 g/mol. The third-order valence-corrected chi connectivity index (χ3v) is 11.0. The molecule has 0 atom stereocenters. The smallest absolute Gasteiger partial charge is 0.138 e. The monoisotopic (exact) mass is 732 g/mol. The lowest BCUT2D eigenvalue weighted by atomic mass is 9.92. The van der Waals surface area contributed by atoms with Gasteiger partial charge in [-0.25, -0.2) is 0 Å². The van der Waals surface area contributed by atoms with E-state index in [1.54, 1.807) is 0 Å². The largest absolute Gasteiger partial charge is 0.456 e. The van der Waals surface area contributed by atoms with Crippen LogP contribution in [0.1, 0.15) is 18.4 Å². The average Bonchev–Trinajstić information content (AvgIpc) is 3.67. The molecule has 0 saturated carbocycles. The number of nitrogens with one attached hydrogen (secondary N) is 1. The summed E-state index contributed by atoms with van der Waals surface area (Å²) in [5.74, 6) is 0. The van der Waals surface area contributed by atoms with E-state index in [4.69, 9.17) is 4.42 Å². The fraction of sp³-hybridized carbons (Fsp3) is 0.0370. The second-order valence-electron chi connectivity index (χ2n) is 14.4. The first kappa shape index (κ1) is 34.2. The van der Waals surface area contributed by atoms with E-state index >= 15 is 0 Å². The zero-order valence-corrected chi connectivity index (χ0v) is 31.5. The lowest BCUT2D eigenvalue weighted by Gasteiger charge is -2.28. The van der Waals surface area contributed by atoms with E-state index < -0.39 is 0 Å². The van der Waals surface area contributed by atoms with Gasteiger partial charge in [0.05, 0.1) is 5.69 Å². The van der Waals surface area contributed by atoms with E-state index in [0.717, 1.165) is 80.1 Å². The fourth-order valence-corrected chi connectivity index (χ4v) is 8.34. The van der Waals surface area contributed by atoms with Gasteiger partial charge in [-0.1, -0.05) is 164 Å². The van der Waals surface area contributed by atoms with Crippen molar-refractivity contribution in [3.8, 4) is 33.4 Å². The molecule has 1 N–H and O–H groups in total. The van der Waals surface area contributed by atoms with Gasteiger partial charge in [0, 0.05) is 55.6 Å². The molecule has 0 saturated heterocycles. The van der Waals surface area contributed by atoms with Crippen molar-refractivity contribution in [2.24, 2.45) is 0 Å². The van der Waals surface area contributed by atoms with Crippen LogP contribution < -0.4 is 20.9 Å². The highest BCUT2D eigenvalue weighted by Gasteiger charge is 2.21. The Morgan fingerprint density at radius 2 is 0.965 bits per heavy atom. The maximum atomic E-state index is 6.47. The molecule has 3 heteroatoms. The Balaban J connectivity index is 1.07. The number of hydrogen-bond acceptors (Lipinski definition) is 3. The highest BCUT2D eigenvalue weighted by molar-refractivity contribution is 5.97. The standard InChI is InChI=1S/C54H40N2O/c1-3-18-38(19-4-1)42-22-9-13-30-50(42)55-51-31-14-10-25-46(51)44-23-7-8-24-45(44)47-26-11-15-32-52(47)56(40-20-5-2-6-21-40)41-36-34-39(35-37-41)43-28-17-29-49-48-27-12-16-33-53(48)57-54(43)49/h1-16,18-27,29-37,55H,17,28H2. The van der Waals surface area contributed by atoms with Crippen molar-refractivity contribution in [2.45, 2.75) is 12.8 Å². The van der Waals surface area contributed by atoms with E-state index in [1.165, 1.54) is 27.3 Å². The molecule has 8 aromatic carbocycles. The summed E-state index contributed by atoms with van der Waals surface area (Å²) in [6, 6.07) is 73.3. The normalized spacial score (nSPS) is 12.2. The van der Waals surface area contributed by atoms with Crippen LogP contribution in [0.3, 0.4) is 0 Å². The molecule has 9 aromatic rings. The molecular formula is C54H40N2O. The Labute approximate surface area is 333 Å². The molecule has 0 amide bonds. The zero-order valence-electron chi connectivity index (χ0n) is 31.5. The first-order valence-electron chi connectivity index (χ1n) is 19.7. The summed E-state index contributed by atoms with van der Waals surface area (Å²) in [4.78, 5) is 2.38. The van der Waals surface area contributed by atoms with Gasteiger partial charge in [-0.3, -0.25) is 0 Å². The van der Waals surface area contributed by atoms with Crippen LogP contribution in [-0.2, 0) is 0 Å². The molecule has 0 aliphatic heterocycles. The Hall–Kier alpha value is -7.36. The van der Waals surface area contributed by atoms with Crippen LogP contribution in [0.25, 0.3) is 56.0 Å². The Morgan fingerprint density at radius 1 is 0.421 bits per heavy atom. The second kappa shape index (κ2) is 15.1. The third-order valence-electron chi connectivity index (χ3n) is 11.0. The molecule has 0 fully saturated rings. The van der Waals surface area contributed by atoms with Gasteiger partial charge < -0.3 is 14.6 Å². The summed E-state index contributed by atoms with van der Waals surface area (Å²) in [6.07, 6.45) is 4.26. The minimum Gasteiger partial charge on any atom is -0.456 e. The second-order valence-corrected chi connectivity index (χ2v) is 14.4. The molecule has 10 rings (SSSR count). The number of para-hydroxylation sites is 5. The van der Waals surface area contributed by atoms with Gasteiger partial charge >= 0.3 is 0 Å². The van der Waals surface area contributed by atoms with Crippen LogP contribution in [0, 0.1) is 0 Å². The van der Waals surface area contributed by atoms with Crippen molar-refractivity contribution in [3.63, 3.8) is 0 Å². The first-order chi connectivity index (χ1) is 28.3. The summed E-state index contributed by atoms with van der Waals surface area (Å²) in [5, 5.41) is 6.23. The number of rotatable bonds is 9. The van der Waals surface area contributed by atoms with E-state index in [-0.39, 0.29) is 0 Å². The molecule has 0 radical (unpaired) electrons. The van der Waals surface area contributed by atoms with Crippen LogP contribution in [0.4, 0.5) is 28.4 Å². The topological polar surface area (TPSA) is 28.4 Å². The number of furan rings is 1. The van der Waals surface area contributed by atoms with Crippen molar-refractivity contribution in [1.82, 2.24) is 0 Å². The van der Waals surface area contributed by atoms with Crippen LogP contribution in [0.2, 0.25) is 0 Å². The van der Waals surface area contributed by atoms with Gasteiger partial charge in [0.2, 0.25) is 0 Å². The quantitative estimate of drug-likeness (QED) is 0.160. The van der Waals surface area contributed by atoms with Crippen molar-refractivity contribution < 1.29 is 4.42 Å². The molecule has 1 aromatic heterocycles. The van der Waals surface area contributed by atoms with Gasteiger partial charge in [0.15, 0.2) is 0 Å². The minimum atomic E-state index is 0.942. The van der Waals surface area contributed by atoms with Crippen molar-refractivity contribution in [3.05, 3.63) is 222 Å². The fourth-order valence-electron chi connectivity index (χ4n) is 8.34. The van der Waals surface area contributed by atoms with E-state index in [9.17, 15) is 0 Å². The van der Waals surface area contributed by atoms with Gasteiger partial charge in [0.25, 0.3) is 0 Å². The van der Waals surface area contributed by atoms with E-state index in [2.05, 4.69) is 216 Å². The summed E-state index contributed by atoms with van der Waals surface area (Å²) < 4.78 is 6.47. The van der Waals surface area contributed by atoms with Crippen molar-refractivity contribution in [1.29, 1.82) is 0 Å².